The van der Waals surface area contributed by atoms with E-state index in [1.54, 1.807) is 19.1 Å². The molecule has 0 aliphatic rings. The third kappa shape index (κ3) is 3.84. The van der Waals surface area contributed by atoms with Gasteiger partial charge in [-0.05, 0) is 25.1 Å². The molecule has 0 unspecified atom stereocenters. The lowest BCUT2D eigenvalue weighted by atomic mass is 10.2. The van der Waals surface area contributed by atoms with Crippen molar-refractivity contribution >= 4 is 9.84 Å². The van der Waals surface area contributed by atoms with Crippen molar-refractivity contribution in [3.05, 3.63) is 59.6 Å². The summed E-state index contributed by atoms with van der Waals surface area (Å²) in [6.07, 6.45) is 1.25. The van der Waals surface area contributed by atoms with Gasteiger partial charge in [0, 0.05) is 11.6 Å². The number of hydrogen-bond acceptors (Lipinski definition) is 6. The Morgan fingerprint density at radius 3 is 2.74 bits per heavy atom. The van der Waals surface area contributed by atoms with Gasteiger partial charge in [0.05, 0.1) is 17.1 Å². The highest BCUT2D eigenvalue weighted by Gasteiger charge is 2.19. The highest BCUT2D eigenvalue weighted by Crippen LogP contribution is 2.21. The molecule has 0 saturated carbocycles. The fourth-order valence-corrected chi connectivity index (χ4v) is 3.36. The summed E-state index contributed by atoms with van der Waals surface area (Å²) in [4.78, 5) is 4.09. The number of nitrogens with zero attached hydrogens (tertiary/aromatic N) is 2. The third-order valence-electron chi connectivity index (χ3n) is 3.03. The Bertz CT molecular complexity index is 930. The van der Waals surface area contributed by atoms with Crippen molar-refractivity contribution in [2.24, 2.45) is 0 Å². The molecule has 0 N–H and O–H groups in total. The normalized spacial score (nSPS) is 11.7. The molecule has 1 aromatic carbocycles. The lowest BCUT2D eigenvalue weighted by Crippen LogP contribution is -2.07. The molecule has 2 aromatic heterocycles. The van der Waals surface area contributed by atoms with Gasteiger partial charge in [0.1, 0.15) is 17.8 Å². The van der Waals surface area contributed by atoms with Crippen molar-refractivity contribution in [1.29, 1.82) is 0 Å². The molecule has 0 aliphatic carbocycles. The molecule has 3 rings (SSSR count). The monoisotopic (exact) mass is 336 g/mol. The molecular formula is C15H13FN2O4S. The van der Waals surface area contributed by atoms with Crippen LogP contribution in [-0.2, 0) is 21.3 Å². The quantitative estimate of drug-likeness (QED) is 0.712. The van der Waals surface area contributed by atoms with E-state index in [1.165, 1.54) is 24.5 Å². The maximum absolute atomic E-state index is 13.2. The first kappa shape index (κ1) is 15.4. The van der Waals surface area contributed by atoms with Gasteiger partial charge in [-0.25, -0.2) is 17.8 Å². The van der Waals surface area contributed by atoms with Crippen LogP contribution in [0.15, 0.2) is 45.5 Å². The van der Waals surface area contributed by atoms with Crippen molar-refractivity contribution in [1.82, 2.24) is 10.1 Å². The zero-order valence-corrected chi connectivity index (χ0v) is 13.0. The second-order valence-corrected chi connectivity index (χ2v) is 7.19. The van der Waals surface area contributed by atoms with Gasteiger partial charge in [-0.2, -0.15) is 0 Å². The predicted molar refractivity (Wildman–Crippen MR) is 79.5 cm³/mol. The number of sulfone groups is 1. The smallest absolute Gasteiger partial charge is 0.226 e. The molecule has 23 heavy (non-hydrogen) atoms. The fourth-order valence-electron chi connectivity index (χ4n) is 2.10. The summed E-state index contributed by atoms with van der Waals surface area (Å²) in [5.41, 5.74) is 1.31. The van der Waals surface area contributed by atoms with Gasteiger partial charge in [-0.15, -0.1) is 0 Å². The van der Waals surface area contributed by atoms with Gasteiger partial charge >= 0.3 is 0 Å². The van der Waals surface area contributed by atoms with Crippen molar-refractivity contribution < 1.29 is 21.7 Å². The van der Waals surface area contributed by atoms with Crippen molar-refractivity contribution in [3.8, 4) is 11.5 Å². The molecule has 3 aromatic rings. The van der Waals surface area contributed by atoms with E-state index in [0.29, 0.717) is 11.3 Å². The van der Waals surface area contributed by atoms with E-state index in [4.69, 9.17) is 8.94 Å². The standard InChI is InChI=1S/C15H13FN2O4S/c1-10-5-14(22-18-10)9-23(19,20)8-13-7-21-15(17-13)11-3-2-4-12(16)6-11/h2-7H,8-9H2,1H3. The van der Waals surface area contributed by atoms with E-state index in [-0.39, 0.29) is 28.9 Å². The Morgan fingerprint density at radius 1 is 1.22 bits per heavy atom. The zero-order valence-electron chi connectivity index (χ0n) is 12.2. The molecule has 6 nitrogen and oxygen atoms in total. The van der Waals surface area contributed by atoms with Crippen LogP contribution in [0, 0.1) is 12.7 Å². The molecule has 2 heterocycles. The highest BCUT2D eigenvalue weighted by atomic mass is 32.2. The average Bonchev–Trinajstić information content (AvgIpc) is 3.07. The van der Waals surface area contributed by atoms with Gasteiger partial charge in [0.25, 0.3) is 0 Å². The number of aromatic nitrogens is 2. The Balaban J connectivity index is 1.75. The molecule has 0 fully saturated rings. The summed E-state index contributed by atoms with van der Waals surface area (Å²) < 4.78 is 47.6. The van der Waals surface area contributed by atoms with E-state index >= 15 is 0 Å². The van der Waals surface area contributed by atoms with E-state index in [1.807, 2.05) is 0 Å². The van der Waals surface area contributed by atoms with Crippen LogP contribution in [0.2, 0.25) is 0 Å². The van der Waals surface area contributed by atoms with Crippen LogP contribution in [0.5, 0.6) is 0 Å². The van der Waals surface area contributed by atoms with Gasteiger partial charge < -0.3 is 8.94 Å². The van der Waals surface area contributed by atoms with E-state index in [0.717, 1.165) is 0 Å². The summed E-state index contributed by atoms with van der Waals surface area (Å²) in [7, 11) is -3.48. The number of halogens is 1. The number of benzene rings is 1. The number of hydrogen-bond donors (Lipinski definition) is 0. The second-order valence-electron chi connectivity index (χ2n) is 5.12. The molecule has 120 valence electrons. The molecular weight excluding hydrogens is 323 g/mol. The average molecular weight is 336 g/mol. The SMILES string of the molecule is Cc1cc(CS(=O)(=O)Cc2coc(-c3cccc(F)c3)n2)on1. The number of aryl methyl sites for hydroxylation is 1. The zero-order chi connectivity index (χ0) is 16.4. The summed E-state index contributed by atoms with van der Waals surface area (Å²) in [6, 6.07) is 7.29. The Hall–Kier alpha value is -2.48. The fraction of sp³-hybridized carbons (Fsp3) is 0.200. The maximum Gasteiger partial charge on any atom is 0.226 e. The van der Waals surface area contributed by atoms with E-state index < -0.39 is 15.7 Å². The van der Waals surface area contributed by atoms with Crippen LogP contribution >= 0.6 is 0 Å². The van der Waals surface area contributed by atoms with Crippen LogP contribution in [0.1, 0.15) is 17.1 Å². The largest absolute Gasteiger partial charge is 0.444 e. The van der Waals surface area contributed by atoms with Crippen LogP contribution in [0.25, 0.3) is 11.5 Å². The van der Waals surface area contributed by atoms with Crippen LogP contribution in [0.3, 0.4) is 0 Å². The Kier molecular flexibility index (Phi) is 3.99. The lowest BCUT2D eigenvalue weighted by Gasteiger charge is -1.98. The summed E-state index contributed by atoms with van der Waals surface area (Å²) in [5, 5.41) is 3.65. The van der Waals surface area contributed by atoms with Crippen molar-refractivity contribution in [2.45, 2.75) is 18.4 Å². The molecule has 0 saturated heterocycles. The Morgan fingerprint density at radius 2 is 2.04 bits per heavy atom. The van der Waals surface area contributed by atoms with E-state index in [2.05, 4.69) is 10.1 Å². The molecule has 0 amide bonds. The summed E-state index contributed by atoms with van der Waals surface area (Å²) >= 11 is 0. The molecule has 0 aliphatic heterocycles. The third-order valence-corrected chi connectivity index (χ3v) is 4.49. The molecule has 0 bridgehead atoms. The Labute approximate surface area is 131 Å². The summed E-state index contributed by atoms with van der Waals surface area (Å²) in [6.45, 7) is 1.71. The van der Waals surface area contributed by atoms with Crippen molar-refractivity contribution in [2.75, 3.05) is 0 Å². The molecule has 0 radical (unpaired) electrons. The maximum atomic E-state index is 13.2. The number of oxazole rings is 1. The van der Waals surface area contributed by atoms with Crippen LogP contribution < -0.4 is 0 Å². The second kappa shape index (κ2) is 5.96. The van der Waals surface area contributed by atoms with Gasteiger partial charge in [0.15, 0.2) is 15.6 Å². The van der Waals surface area contributed by atoms with Gasteiger partial charge in [-0.3, -0.25) is 0 Å². The minimum Gasteiger partial charge on any atom is -0.444 e. The lowest BCUT2D eigenvalue weighted by molar-refractivity contribution is 0.388. The molecule has 0 spiro atoms. The van der Waals surface area contributed by atoms with Crippen LogP contribution in [-0.4, -0.2) is 18.6 Å². The highest BCUT2D eigenvalue weighted by molar-refractivity contribution is 7.89. The van der Waals surface area contributed by atoms with Gasteiger partial charge in [-0.1, -0.05) is 11.2 Å². The molecule has 0 atom stereocenters. The first-order valence-corrected chi connectivity index (χ1v) is 8.56. The van der Waals surface area contributed by atoms with E-state index in [9.17, 15) is 12.8 Å². The topological polar surface area (TPSA) is 86.2 Å². The summed E-state index contributed by atoms with van der Waals surface area (Å²) in [5.74, 6) is -0.543. The van der Waals surface area contributed by atoms with Crippen molar-refractivity contribution in [3.63, 3.8) is 0 Å². The minimum atomic E-state index is -3.48. The number of rotatable bonds is 5. The van der Waals surface area contributed by atoms with Gasteiger partial charge in [0.2, 0.25) is 5.89 Å². The first-order valence-electron chi connectivity index (χ1n) is 6.74. The van der Waals surface area contributed by atoms with Crippen LogP contribution in [0.4, 0.5) is 4.39 Å². The minimum absolute atomic E-state index is 0.171. The predicted octanol–water partition coefficient (Wildman–Crippen LogP) is 2.89. The molecule has 8 heteroatoms. The first-order chi connectivity index (χ1) is 10.9.